The van der Waals surface area contributed by atoms with E-state index in [-0.39, 0.29) is 10.6 Å². The summed E-state index contributed by atoms with van der Waals surface area (Å²) in [5.41, 5.74) is 2.61. The third kappa shape index (κ3) is 4.05. The van der Waals surface area contributed by atoms with Crippen molar-refractivity contribution in [1.29, 1.82) is 0 Å². The Kier molecular flexibility index (Phi) is 6.04. The third-order valence-electron chi connectivity index (χ3n) is 5.25. The zero-order valence-corrected chi connectivity index (χ0v) is 18.2. The van der Waals surface area contributed by atoms with Crippen molar-refractivity contribution in [1.82, 2.24) is 5.32 Å². The monoisotopic (exact) mass is 441 g/mol. The SMILES string of the molecule is COc1cccc(CNCc2cccc3c2C(S(=O)(=O)c2ccccc2)CS3=O)c1. The highest BCUT2D eigenvalue weighted by molar-refractivity contribution is 7.94. The lowest BCUT2D eigenvalue weighted by Gasteiger charge is -2.16. The first-order valence-electron chi connectivity index (χ1n) is 9.63. The number of methoxy groups -OCH3 is 1. The van der Waals surface area contributed by atoms with Gasteiger partial charge in [-0.3, -0.25) is 4.21 Å². The molecule has 5 nitrogen and oxygen atoms in total. The van der Waals surface area contributed by atoms with Crippen molar-refractivity contribution in [3.63, 3.8) is 0 Å². The van der Waals surface area contributed by atoms with Crippen LogP contribution in [-0.2, 0) is 33.7 Å². The van der Waals surface area contributed by atoms with Crippen LogP contribution in [0.5, 0.6) is 5.75 Å². The van der Waals surface area contributed by atoms with Gasteiger partial charge in [-0.25, -0.2) is 8.42 Å². The summed E-state index contributed by atoms with van der Waals surface area (Å²) in [6.45, 7) is 1.10. The highest BCUT2D eigenvalue weighted by Crippen LogP contribution is 2.41. The summed E-state index contributed by atoms with van der Waals surface area (Å²) in [6, 6.07) is 21.7. The quantitative estimate of drug-likeness (QED) is 0.606. The topological polar surface area (TPSA) is 72.5 Å². The number of hydrogen-bond donors (Lipinski definition) is 1. The zero-order valence-electron chi connectivity index (χ0n) is 16.6. The van der Waals surface area contributed by atoms with Crippen LogP contribution in [0.1, 0.15) is 21.9 Å². The number of fused-ring (bicyclic) bond motifs is 1. The van der Waals surface area contributed by atoms with Crippen molar-refractivity contribution < 1.29 is 17.4 Å². The summed E-state index contributed by atoms with van der Waals surface area (Å²) in [6.07, 6.45) is 0. The minimum Gasteiger partial charge on any atom is -0.497 e. The lowest BCUT2D eigenvalue weighted by atomic mass is 10.0. The first-order valence-corrected chi connectivity index (χ1v) is 12.5. The van der Waals surface area contributed by atoms with Gasteiger partial charge in [0.05, 0.1) is 22.8 Å². The normalized spacial score (nSPS) is 18.2. The van der Waals surface area contributed by atoms with Crippen LogP contribution in [0.15, 0.2) is 82.6 Å². The molecule has 1 aliphatic heterocycles. The van der Waals surface area contributed by atoms with Gasteiger partial charge in [-0.05, 0) is 47.0 Å². The van der Waals surface area contributed by atoms with Gasteiger partial charge in [-0.1, -0.05) is 42.5 Å². The van der Waals surface area contributed by atoms with Crippen molar-refractivity contribution >= 4 is 20.6 Å². The second kappa shape index (κ2) is 8.71. The summed E-state index contributed by atoms with van der Waals surface area (Å²) >= 11 is 0. The average Bonchev–Trinajstić information content (AvgIpc) is 3.13. The van der Waals surface area contributed by atoms with Gasteiger partial charge in [0, 0.05) is 23.7 Å². The summed E-state index contributed by atoms with van der Waals surface area (Å²) in [5.74, 6) is 0.888. The van der Waals surface area contributed by atoms with E-state index in [9.17, 15) is 12.6 Å². The number of ether oxygens (including phenoxy) is 1. The molecular formula is C23H23NO4S2. The minimum absolute atomic E-state index is 0.0967. The maximum atomic E-state index is 13.3. The molecule has 1 heterocycles. The van der Waals surface area contributed by atoms with E-state index < -0.39 is 25.9 Å². The van der Waals surface area contributed by atoms with Crippen molar-refractivity contribution in [2.24, 2.45) is 0 Å². The van der Waals surface area contributed by atoms with E-state index in [4.69, 9.17) is 4.74 Å². The molecular weight excluding hydrogens is 418 g/mol. The van der Waals surface area contributed by atoms with E-state index in [1.54, 1.807) is 43.5 Å². The van der Waals surface area contributed by atoms with Gasteiger partial charge in [-0.15, -0.1) is 0 Å². The van der Waals surface area contributed by atoms with Gasteiger partial charge >= 0.3 is 0 Å². The van der Waals surface area contributed by atoms with Crippen molar-refractivity contribution in [3.8, 4) is 5.75 Å². The van der Waals surface area contributed by atoms with Crippen LogP contribution in [0.3, 0.4) is 0 Å². The molecule has 0 aromatic heterocycles. The molecule has 0 saturated heterocycles. The maximum Gasteiger partial charge on any atom is 0.186 e. The third-order valence-corrected chi connectivity index (χ3v) is 9.03. The van der Waals surface area contributed by atoms with Gasteiger partial charge in [0.15, 0.2) is 9.84 Å². The molecule has 30 heavy (non-hydrogen) atoms. The lowest BCUT2D eigenvalue weighted by Crippen LogP contribution is -2.18. The van der Waals surface area contributed by atoms with Crippen LogP contribution in [-0.4, -0.2) is 25.5 Å². The first kappa shape index (κ1) is 20.8. The number of sulfone groups is 1. The largest absolute Gasteiger partial charge is 0.497 e. The highest BCUT2D eigenvalue weighted by atomic mass is 32.2. The Morgan fingerprint density at radius 3 is 2.53 bits per heavy atom. The fourth-order valence-corrected chi connectivity index (χ4v) is 7.75. The maximum absolute atomic E-state index is 13.3. The smallest absolute Gasteiger partial charge is 0.186 e. The predicted octanol–water partition coefficient (Wildman–Crippen LogP) is 3.62. The van der Waals surface area contributed by atoms with Crippen molar-refractivity contribution in [2.75, 3.05) is 12.9 Å². The Morgan fingerprint density at radius 1 is 1.00 bits per heavy atom. The Hall–Kier alpha value is -2.48. The molecule has 0 radical (unpaired) electrons. The Morgan fingerprint density at radius 2 is 1.77 bits per heavy atom. The van der Waals surface area contributed by atoms with Crippen molar-refractivity contribution in [2.45, 2.75) is 28.1 Å². The van der Waals surface area contributed by atoms with E-state index >= 15 is 0 Å². The molecule has 3 aromatic carbocycles. The molecule has 4 rings (SSSR count). The summed E-state index contributed by atoms with van der Waals surface area (Å²) < 4.78 is 44.5. The summed E-state index contributed by atoms with van der Waals surface area (Å²) in [5, 5.41) is 2.58. The molecule has 0 amide bonds. The predicted molar refractivity (Wildman–Crippen MR) is 118 cm³/mol. The number of benzene rings is 3. The first-order chi connectivity index (χ1) is 14.5. The van der Waals surface area contributed by atoms with Gasteiger partial charge < -0.3 is 10.1 Å². The summed E-state index contributed by atoms with van der Waals surface area (Å²) in [4.78, 5) is 0.888. The van der Waals surface area contributed by atoms with Crippen molar-refractivity contribution in [3.05, 3.63) is 89.5 Å². The van der Waals surface area contributed by atoms with E-state index in [1.165, 1.54) is 0 Å². The average molecular weight is 442 g/mol. The molecule has 7 heteroatoms. The second-order valence-electron chi connectivity index (χ2n) is 7.14. The molecule has 0 aliphatic carbocycles. The van der Waals surface area contributed by atoms with E-state index in [2.05, 4.69) is 5.32 Å². The van der Waals surface area contributed by atoms with Gasteiger partial charge in [0.2, 0.25) is 0 Å². The minimum atomic E-state index is -3.63. The zero-order chi connectivity index (χ0) is 21.1. The molecule has 156 valence electrons. The van der Waals surface area contributed by atoms with E-state index in [0.717, 1.165) is 16.9 Å². The molecule has 2 unspecified atom stereocenters. The second-order valence-corrected chi connectivity index (χ2v) is 10.7. The standard InChI is InChI=1S/C23H23NO4S2/c1-28-19-9-5-7-17(13-19)14-24-15-18-8-6-12-21-23(18)22(16-29(21)25)30(26,27)20-10-3-2-4-11-20/h2-13,22,24H,14-16H2,1H3. The van der Waals surface area contributed by atoms with Crippen LogP contribution < -0.4 is 10.1 Å². The molecule has 0 bridgehead atoms. The molecule has 1 aliphatic rings. The van der Waals surface area contributed by atoms with Gasteiger partial charge in [0.25, 0.3) is 0 Å². The fraction of sp³-hybridized carbons (Fsp3) is 0.217. The lowest BCUT2D eigenvalue weighted by molar-refractivity contribution is 0.414. The highest BCUT2D eigenvalue weighted by Gasteiger charge is 2.40. The van der Waals surface area contributed by atoms with Crippen LogP contribution in [0.4, 0.5) is 0 Å². The molecule has 0 saturated carbocycles. The molecule has 1 N–H and O–H groups in total. The van der Waals surface area contributed by atoms with Gasteiger partial charge in [-0.2, -0.15) is 0 Å². The van der Waals surface area contributed by atoms with Gasteiger partial charge in [0.1, 0.15) is 11.0 Å². The number of hydrogen-bond acceptors (Lipinski definition) is 5. The molecule has 0 fully saturated rings. The van der Waals surface area contributed by atoms with Crippen LogP contribution >= 0.6 is 0 Å². The Bertz CT molecular complexity index is 1180. The number of nitrogens with one attached hydrogen (secondary N) is 1. The summed E-state index contributed by atoms with van der Waals surface area (Å²) in [7, 11) is -3.33. The number of rotatable bonds is 7. The van der Waals surface area contributed by atoms with E-state index in [1.807, 2.05) is 36.4 Å². The van der Waals surface area contributed by atoms with Crippen LogP contribution in [0.25, 0.3) is 0 Å². The van der Waals surface area contributed by atoms with Crippen LogP contribution in [0.2, 0.25) is 0 Å². The molecule has 0 spiro atoms. The van der Waals surface area contributed by atoms with Crippen LogP contribution in [0, 0.1) is 0 Å². The Labute approximate surface area is 179 Å². The Balaban J connectivity index is 1.60. The fourth-order valence-electron chi connectivity index (χ4n) is 3.76. The van der Waals surface area contributed by atoms with E-state index in [0.29, 0.717) is 23.5 Å². The molecule has 3 aromatic rings. The molecule has 2 atom stereocenters.